The molecule has 0 radical (unpaired) electrons. The molecule has 1 aliphatic rings. The molecule has 1 fully saturated rings. The average Bonchev–Trinajstić information content (AvgIpc) is 2.74. The van der Waals surface area contributed by atoms with Crippen LogP contribution < -0.4 is 15.4 Å². The van der Waals surface area contributed by atoms with Crippen molar-refractivity contribution in [3.8, 4) is 11.8 Å². The topological polar surface area (TPSA) is 126 Å². The van der Waals surface area contributed by atoms with Gasteiger partial charge < -0.3 is 10.6 Å². The number of piperazine rings is 1. The standard InChI is InChI=1S/C19H23N5O4S2/c1-3-4-16-14-23(30(27,28)18-9-10-19(20)22-13-18)11-12-24(16)15-5-7-17(8-6-15)29(25,26)21-2/h5-10,13,16,21H,11-12,14H2,1-2H3,(H2,20,22)/t16-/m1/s1. The van der Waals surface area contributed by atoms with E-state index in [1.54, 1.807) is 19.1 Å². The van der Waals surface area contributed by atoms with Crippen LogP contribution in [-0.4, -0.2) is 58.8 Å². The van der Waals surface area contributed by atoms with Crippen LogP contribution in [0.3, 0.4) is 0 Å². The lowest BCUT2D eigenvalue weighted by Crippen LogP contribution is -2.54. The van der Waals surface area contributed by atoms with Gasteiger partial charge in [0.05, 0.1) is 4.90 Å². The van der Waals surface area contributed by atoms with Crippen LogP contribution in [0.25, 0.3) is 0 Å². The number of hydrogen-bond donors (Lipinski definition) is 2. The first-order valence-corrected chi connectivity index (χ1v) is 12.1. The Morgan fingerprint density at radius 3 is 2.30 bits per heavy atom. The maximum atomic E-state index is 13.0. The van der Waals surface area contributed by atoms with Gasteiger partial charge in [0.1, 0.15) is 16.8 Å². The van der Waals surface area contributed by atoms with Gasteiger partial charge in [-0.1, -0.05) is 5.92 Å². The summed E-state index contributed by atoms with van der Waals surface area (Å²) in [6.45, 7) is 2.52. The molecule has 0 unspecified atom stereocenters. The van der Waals surface area contributed by atoms with E-state index in [1.807, 2.05) is 4.90 Å². The van der Waals surface area contributed by atoms with E-state index in [4.69, 9.17) is 5.73 Å². The quantitative estimate of drug-likeness (QED) is 0.636. The van der Waals surface area contributed by atoms with Crippen LogP contribution in [0.2, 0.25) is 0 Å². The summed E-state index contributed by atoms with van der Waals surface area (Å²) in [6.07, 6.45) is 1.25. The van der Waals surface area contributed by atoms with E-state index in [-0.39, 0.29) is 34.7 Å². The number of anilines is 2. The predicted molar refractivity (Wildman–Crippen MR) is 115 cm³/mol. The fourth-order valence-electron chi connectivity index (χ4n) is 3.20. The highest BCUT2D eigenvalue weighted by Crippen LogP contribution is 2.25. The zero-order chi connectivity index (χ0) is 21.9. The third-order valence-corrected chi connectivity index (χ3v) is 8.08. The fourth-order valence-corrected chi connectivity index (χ4v) is 5.32. The Balaban J connectivity index is 1.85. The Morgan fingerprint density at radius 1 is 1.07 bits per heavy atom. The molecule has 0 spiro atoms. The summed E-state index contributed by atoms with van der Waals surface area (Å²) in [6, 6.07) is 8.93. The van der Waals surface area contributed by atoms with Crippen molar-refractivity contribution < 1.29 is 16.8 Å². The molecule has 3 N–H and O–H groups in total. The van der Waals surface area contributed by atoms with Gasteiger partial charge in [0.25, 0.3) is 0 Å². The number of benzene rings is 1. The van der Waals surface area contributed by atoms with Gasteiger partial charge in [-0.15, -0.1) is 5.92 Å². The van der Waals surface area contributed by atoms with Crippen molar-refractivity contribution in [3.05, 3.63) is 42.6 Å². The van der Waals surface area contributed by atoms with Crippen LogP contribution in [0.5, 0.6) is 0 Å². The van der Waals surface area contributed by atoms with Crippen molar-refractivity contribution in [2.75, 3.05) is 37.3 Å². The Hall–Kier alpha value is -2.65. The molecule has 1 atom stereocenters. The zero-order valence-electron chi connectivity index (χ0n) is 16.6. The SMILES string of the molecule is CC#C[C@@H]1CN(S(=O)(=O)c2ccc(N)nc2)CCN1c1ccc(S(=O)(=O)NC)cc1. The maximum absolute atomic E-state index is 13.0. The summed E-state index contributed by atoms with van der Waals surface area (Å²) in [7, 11) is -5.91. The van der Waals surface area contributed by atoms with Crippen LogP contribution in [0.1, 0.15) is 6.92 Å². The highest BCUT2D eigenvalue weighted by Gasteiger charge is 2.34. The molecular formula is C19H23N5O4S2. The van der Waals surface area contributed by atoms with Crippen LogP contribution >= 0.6 is 0 Å². The third kappa shape index (κ3) is 4.41. The molecule has 0 aliphatic carbocycles. The monoisotopic (exact) mass is 449 g/mol. The first-order chi connectivity index (χ1) is 14.2. The molecule has 3 rings (SSSR count). The summed E-state index contributed by atoms with van der Waals surface area (Å²) < 4.78 is 53.5. The summed E-state index contributed by atoms with van der Waals surface area (Å²) in [4.78, 5) is 6.08. The Kier molecular flexibility index (Phi) is 6.33. The number of nitrogens with one attached hydrogen (secondary N) is 1. The van der Waals surface area contributed by atoms with Crippen molar-refractivity contribution in [3.63, 3.8) is 0 Å². The van der Waals surface area contributed by atoms with Gasteiger partial charge >= 0.3 is 0 Å². The molecule has 1 aromatic heterocycles. The minimum Gasteiger partial charge on any atom is -0.384 e. The lowest BCUT2D eigenvalue weighted by Gasteiger charge is -2.39. The van der Waals surface area contributed by atoms with Crippen LogP contribution in [-0.2, 0) is 20.0 Å². The number of nitrogen functional groups attached to an aromatic ring is 1. The summed E-state index contributed by atoms with van der Waals surface area (Å²) in [5.74, 6) is 6.16. The molecule has 30 heavy (non-hydrogen) atoms. The van der Waals surface area contributed by atoms with E-state index in [9.17, 15) is 16.8 Å². The second-order valence-corrected chi connectivity index (χ2v) is 10.4. The number of hydrogen-bond acceptors (Lipinski definition) is 7. The van der Waals surface area contributed by atoms with Gasteiger partial charge in [0.15, 0.2) is 0 Å². The van der Waals surface area contributed by atoms with E-state index in [0.717, 1.165) is 5.69 Å². The van der Waals surface area contributed by atoms with Gasteiger partial charge in [-0.05, 0) is 50.4 Å². The molecule has 1 saturated heterocycles. The molecule has 0 bridgehead atoms. The second kappa shape index (κ2) is 8.61. The molecular weight excluding hydrogens is 426 g/mol. The van der Waals surface area contributed by atoms with Gasteiger partial charge in [-0.3, -0.25) is 0 Å². The summed E-state index contributed by atoms with van der Waals surface area (Å²) in [5, 5.41) is 0. The summed E-state index contributed by atoms with van der Waals surface area (Å²) >= 11 is 0. The van der Waals surface area contributed by atoms with Crippen LogP contribution in [0, 0.1) is 11.8 Å². The van der Waals surface area contributed by atoms with E-state index >= 15 is 0 Å². The first kappa shape index (κ1) is 22.0. The molecule has 2 aromatic rings. The Labute approximate surface area is 177 Å². The van der Waals surface area contributed by atoms with Gasteiger partial charge in [-0.25, -0.2) is 26.5 Å². The number of nitrogens with two attached hydrogens (primary N) is 1. The minimum atomic E-state index is -3.73. The minimum absolute atomic E-state index is 0.0787. The molecule has 1 aromatic carbocycles. The van der Waals surface area contributed by atoms with Gasteiger partial charge in [0.2, 0.25) is 20.0 Å². The smallest absolute Gasteiger partial charge is 0.244 e. The van der Waals surface area contributed by atoms with Crippen molar-refractivity contribution in [1.82, 2.24) is 14.0 Å². The van der Waals surface area contributed by atoms with Crippen LogP contribution in [0.15, 0.2) is 52.4 Å². The second-order valence-electron chi connectivity index (χ2n) is 6.59. The lowest BCUT2D eigenvalue weighted by atomic mass is 10.1. The largest absolute Gasteiger partial charge is 0.384 e. The van der Waals surface area contributed by atoms with E-state index in [2.05, 4.69) is 21.5 Å². The summed E-state index contributed by atoms with van der Waals surface area (Å²) in [5.41, 5.74) is 6.32. The molecule has 1 aliphatic heterocycles. The van der Waals surface area contributed by atoms with Gasteiger partial charge in [0, 0.05) is 31.5 Å². The highest BCUT2D eigenvalue weighted by atomic mass is 32.2. The molecule has 0 amide bonds. The van der Waals surface area contributed by atoms with E-state index < -0.39 is 20.0 Å². The van der Waals surface area contributed by atoms with Crippen molar-refractivity contribution in [1.29, 1.82) is 0 Å². The third-order valence-electron chi connectivity index (χ3n) is 4.80. The van der Waals surface area contributed by atoms with Crippen LogP contribution in [0.4, 0.5) is 11.5 Å². The number of rotatable bonds is 5. The predicted octanol–water partition coefficient (Wildman–Crippen LogP) is 0.475. The molecule has 11 heteroatoms. The molecule has 2 heterocycles. The van der Waals surface area contributed by atoms with E-state index in [0.29, 0.717) is 6.54 Å². The number of aromatic nitrogens is 1. The van der Waals surface area contributed by atoms with Crippen molar-refractivity contribution >= 4 is 31.6 Å². The maximum Gasteiger partial charge on any atom is 0.244 e. The fraction of sp³-hybridized carbons (Fsp3) is 0.316. The molecule has 160 valence electrons. The van der Waals surface area contributed by atoms with Crippen molar-refractivity contribution in [2.45, 2.75) is 22.8 Å². The lowest BCUT2D eigenvalue weighted by molar-refractivity contribution is 0.360. The zero-order valence-corrected chi connectivity index (χ0v) is 18.2. The Morgan fingerprint density at radius 2 is 1.73 bits per heavy atom. The normalized spacial score (nSPS) is 17.9. The Bertz CT molecular complexity index is 1170. The number of nitrogens with zero attached hydrogens (tertiary/aromatic N) is 3. The number of sulfonamides is 2. The van der Waals surface area contributed by atoms with E-state index in [1.165, 1.54) is 41.8 Å². The molecule has 9 nitrogen and oxygen atoms in total. The average molecular weight is 450 g/mol. The van der Waals surface area contributed by atoms with Gasteiger partial charge in [-0.2, -0.15) is 4.31 Å². The highest BCUT2D eigenvalue weighted by molar-refractivity contribution is 7.89. The van der Waals surface area contributed by atoms with Crippen molar-refractivity contribution in [2.24, 2.45) is 0 Å². The number of pyridine rings is 1. The molecule has 0 saturated carbocycles. The first-order valence-electron chi connectivity index (χ1n) is 9.13.